The van der Waals surface area contributed by atoms with Crippen molar-refractivity contribution in [3.8, 4) is 0 Å². The van der Waals surface area contributed by atoms with Crippen molar-refractivity contribution >= 4 is 21.9 Å². The van der Waals surface area contributed by atoms with E-state index in [4.69, 9.17) is 4.74 Å². The molecule has 0 aliphatic heterocycles. The average Bonchev–Trinajstić information content (AvgIpc) is 2.71. The first kappa shape index (κ1) is 23.6. The quantitative estimate of drug-likeness (QED) is 0.615. The highest BCUT2D eigenvalue weighted by molar-refractivity contribution is 7.89. The second-order valence-electron chi connectivity index (χ2n) is 7.33. The second kappa shape index (κ2) is 10.4. The lowest BCUT2D eigenvalue weighted by molar-refractivity contribution is -0.152. The van der Waals surface area contributed by atoms with Crippen molar-refractivity contribution < 1.29 is 22.7 Å². The largest absolute Gasteiger partial charge is 0.455 e. The summed E-state index contributed by atoms with van der Waals surface area (Å²) in [5.41, 5.74) is 2.77. The number of nitrogens with one attached hydrogen (secondary N) is 1. The van der Waals surface area contributed by atoms with E-state index in [2.05, 4.69) is 4.72 Å². The Morgan fingerprint density at radius 1 is 1.03 bits per heavy atom. The smallest absolute Gasteiger partial charge is 0.321 e. The fraction of sp³-hybridized carbons (Fsp3) is 0.364. The topological polar surface area (TPSA) is 92.8 Å². The predicted molar refractivity (Wildman–Crippen MR) is 114 cm³/mol. The highest BCUT2D eigenvalue weighted by atomic mass is 32.2. The van der Waals surface area contributed by atoms with Gasteiger partial charge in [0.15, 0.2) is 6.61 Å². The molecule has 162 valence electrons. The summed E-state index contributed by atoms with van der Waals surface area (Å²) < 4.78 is 31.9. The number of nitrogens with zero attached hydrogens (tertiary/aromatic N) is 1. The number of rotatable bonds is 9. The number of carbonyl (C=O) groups excluding carboxylic acids is 2. The first-order valence-electron chi connectivity index (χ1n) is 9.66. The fourth-order valence-corrected chi connectivity index (χ4v) is 3.79. The van der Waals surface area contributed by atoms with E-state index < -0.39 is 29.1 Å². The van der Waals surface area contributed by atoms with E-state index in [1.54, 1.807) is 11.0 Å². The van der Waals surface area contributed by atoms with E-state index in [1.807, 2.05) is 58.0 Å². The lowest BCUT2D eigenvalue weighted by Gasteiger charge is -2.26. The standard InChI is InChI=1S/C22H28N2O5S/c1-16(2)24(14-19-8-6-5-7-9-19)21(25)15-29-22(26)13-23-30(27,28)20-11-10-17(3)18(4)12-20/h5-12,16,23H,13-15H2,1-4H3. The highest BCUT2D eigenvalue weighted by Gasteiger charge is 2.20. The van der Waals surface area contributed by atoms with Gasteiger partial charge in [-0.05, 0) is 56.5 Å². The number of hydrogen-bond donors (Lipinski definition) is 1. The average molecular weight is 433 g/mol. The number of amides is 1. The summed E-state index contributed by atoms with van der Waals surface area (Å²) in [6.45, 7) is 6.84. The lowest BCUT2D eigenvalue weighted by atomic mass is 10.1. The maximum absolute atomic E-state index is 12.5. The third-order valence-corrected chi connectivity index (χ3v) is 6.09. The van der Waals surface area contributed by atoms with Crippen molar-refractivity contribution in [1.82, 2.24) is 9.62 Å². The molecule has 2 rings (SSSR count). The number of ether oxygens (including phenoxy) is 1. The summed E-state index contributed by atoms with van der Waals surface area (Å²) in [5.74, 6) is -1.17. The summed E-state index contributed by atoms with van der Waals surface area (Å²) in [5, 5.41) is 0. The van der Waals surface area contributed by atoms with Crippen molar-refractivity contribution in [2.45, 2.75) is 45.2 Å². The number of carbonyl (C=O) groups is 2. The first-order chi connectivity index (χ1) is 14.1. The molecule has 0 bridgehead atoms. The van der Waals surface area contributed by atoms with Crippen molar-refractivity contribution in [3.63, 3.8) is 0 Å². The molecule has 0 radical (unpaired) electrons. The van der Waals surface area contributed by atoms with Gasteiger partial charge in [-0.1, -0.05) is 36.4 Å². The van der Waals surface area contributed by atoms with Crippen molar-refractivity contribution in [3.05, 3.63) is 65.2 Å². The van der Waals surface area contributed by atoms with E-state index in [0.29, 0.717) is 6.54 Å². The number of aryl methyl sites for hydroxylation is 2. The lowest BCUT2D eigenvalue weighted by Crippen LogP contribution is -2.40. The van der Waals surface area contributed by atoms with Gasteiger partial charge in [0, 0.05) is 12.6 Å². The minimum absolute atomic E-state index is 0.0725. The normalized spacial score (nSPS) is 11.4. The first-order valence-corrected chi connectivity index (χ1v) is 11.1. The van der Waals surface area contributed by atoms with Crippen LogP contribution in [0.25, 0.3) is 0 Å². The van der Waals surface area contributed by atoms with Gasteiger partial charge in [0.25, 0.3) is 5.91 Å². The van der Waals surface area contributed by atoms with Crippen LogP contribution in [0.5, 0.6) is 0 Å². The minimum atomic E-state index is -3.85. The molecule has 2 aromatic carbocycles. The Labute approximate surface area is 178 Å². The number of hydrogen-bond acceptors (Lipinski definition) is 5. The summed E-state index contributed by atoms with van der Waals surface area (Å²) in [6.07, 6.45) is 0. The molecular weight excluding hydrogens is 404 g/mol. The fourth-order valence-electron chi connectivity index (χ4n) is 2.73. The molecule has 0 atom stereocenters. The van der Waals surface area contributed by atoms with Gasteiger partial charge in [0.1, 0.15) is 6.54 Å². The van der Waals surface area contributed by atoms with Crippen LogP contribution in [0.3, 0.4) is 0 Å². The zero-order chi connectivity index (χ0) is 22.3. The van der Waals surface area contributed by atoms with Crippen LogP contribution in [0.4, 0.5) is 0 Å². The van der Waals surface area contributed by atoms with E-state index in [1.165, 1.54) is 12.1 Å². The van der Waals surface area contributed by atoms with Gasteiger partial charge in [-0.25, -0.2) is 8.42 Å². The molecule has 0 saturated heterocycles. The molecule has 0 aliphatic carbocycles. The van der Waals surface area contributed by atoms with Gasteiger partial charge >= 0.3 is 5.97 Å². The Morgan fingerprint density at radius 2 is 1.70 bits per heavy atom. The Hall–Kier alpha value is -2.71. The van der Waals surface area contributed by atoms with Crippen LogP contribution < -0.4 is 4.72 Å². The zero-order valence-corrected chi connectivity index (χ0v) is 18.5. The second-order valence-corrected chi connectivity index (χ2v) is 9.10. The van der Waals surface area contributed by atoms with Crippen LogP contribution >= 0.6 is 0 Å². The molecule has 8 heteroatoms. The van der Waals surface area contributed by atoms with E-state index in [0.717, 1.165) is 16.7 Å². The molecular formula is C22H28N2O5S. The number of benzene rings is 2. The summed E-state index contributed by atoms with van der Waals surface area (Å²) >= 11 is 0. The summed E-state index contributed by atoms with van der Waals surface area (Å²) in [7, 11) is -3.85. The molecule has 2 aromatic rings. The van der Waals surface area contributed by atoms with Crippen LogP contribution in [0.1, 0.15) is 30.5 Å². The monoisotopic (exact) mass is 432 g/mol. The molecule has 30 heavy (non-hydrogen) atoms. The van der Waals surface area contributed by atoms with Gasteiger partial charge in [-0.3, -0.25) is 9.59 Å². The SMILES string of the molecule is Cc1ccc(S(=O)(=O)NCC(=O)OCC(=O)N(Cc2ccccc2)C(C)C)cc1C. The van der Waals surface area contributed by atoms with E-state index in [9.17, 15) is 18.0 Å². The molecule has 0 saturated carbocycles. The molecule has 0 fully saturated rings. The van der Waals surface area contributed by atoms with Crippen LogP contribution in [0, 0.1) is 13.8 Å². The Balaban J connectivity index is 1.89. The maximum Gasteiger partial charge on any atom is 0.321 e. The van der Waals surface area contributed by atoms with Crippen LogP contribution in [0.15, 0.2) is 53.4 Å². The van der Waals surface area contributed by atoms with Gasteiger partial charge in [-0.2, -0.15) is 4.72 Å². The Bertz CT molecular complexity index is 988. The van der Waals surface area contributed by atoms with Gasteiger partial charge in [-0.15, -0.1) is 0 Å². The van der Waals surface area contributed by atoms with Gasteiger partial charge < -0.3 is 9.64 Å². The zero-order valence-electron chi connectivity index (χ0n) is 17.7. The number of sulfonamides is 1. The molecule has 7 nitrogen and oxygen atoms in total. The molecule has 1 N–H and O–H groups in total. The predicted octanol–water partition coefficient (Wildman–Crippen LogP) is 2.56. The Kier molecular flexibility index (Phi) is 8.14. The van der Waals surface area contributed by atoms with Crippen LogP contribution in [-0.2, 0) is 30.9 Å². The molecule has 0 heterocycles. The van der Waals surface area contributed by atoms with Crippen LogP contribution in [-0.4, -0.2) is 44.4 Å². The Morgan fingerprint density at radius 3 is 2.30 bits per heavy atom. The molecule has 0 unspecified atom stereocenters. The van der Waals surface area contributed by atoms with E-state index in [-0.39, 0.29) is 16.8 Å². The van der Waals surface area contributed by atoms with Gasteiger partial charge in [0.05, 0.1) is 4.90 Å². The molecule has 0 spiro atoms. The van der Waals surface area contributed by atoms with E-state index >= 15 is 0 Å². The van der Waals surface area contributed by atoms with Crippen LogP contribution in [0.2, 0.25) is 0 Å². The van der Waals surface area contributed by atoms with Crippen molar-refractivity contribution in [2.24, 2.45) is 0 Å². The third kappa shape index (κ3) is 6.67. The summed E-state index contributed by atoms with van der Waals surface area (Å²) in [4.78, 5) is 26.1. The summed E-state index contributed by atoms with van der Waals surface area (Å²) in [6, 6.07) is 14.1. The van der Waals surface area contributed by atoms with Crippen molar-refractivity contribution in [1.29, 1.82) is 0 Å². The number of esters is 1. The molecule has 1 amide bonds. The van der Waals surface area contributed by atoms with Crippen molar-refractivity contribution in [2.75, 3.05) is 13.2 Å². The third-order valence-electron chi connectivity index (χ3n) is 4.69. The maximum atomic E-state index is 12.5. The van der Waals surface area contributed by atoms with Gasteiger partial charge in [0.2, 0.25) is 10.0 Å². The minimum Gasteiger partial charge on any atom is -0.455 e. The molecule has 0 aliphatic rings. The molecule has 0 aromatic heterocycles. The highest BCUT2D eigenvalue weighted by Crippen LogP contribution is 2.14.